The predicted octanol–water partition coefficient (Wildman–Crippen LogP) is 4.25. The van der Waals surface area contributed by atoms with Gasteiger partial charge in [-0.25, -0.2) is 4.79 Å². The first-order valence-corrected chi connectivity index (χ1v) is 10.6. The lowest BCUT2D eigenvalue weighted by Crippen LogP contribution is -2.33. The van der Waals surface area contributed by atoms with Gasteiger partial charge in [-0.05, 0) is 68.5 Å². The maximum Gasteiger partial charge on any atom is 0.319 e. The summed E-state index contributed by atoms with van der Waals surface area (Å²) < 4.78 is 0. The molecule has 2 N–H and O–H groups in total. The van der Waals surface area contributed by atoms with Crippen LogP contribution in [-0.2, 0) is 6.54 Å². The Labute approximate surface area is 179 Å². The van der Waals surface area contributed by atoms with Gasteiger partial charge in [-0.3, -0.25) is 4.79 Å². The van der Waals surface area contributed by atoms with E-state index in [0.29, 0.717) is 19.0 Å². The number of nitrogens with zero attached hydrogens (tertiary/aromatic N) is 2. The molecule has 0 aliphatic heterocycles. The Hall–Kier alpha value is -3.02. The van der Waals surface area contributed by atoms with E-state index in [0.717, 1.165) is 34.6 Å². The molecule has 1 fully saturated rings. The second kappa shape index (κ2) is 9.65. The number of rotatable bonds is 8. The highest BCUT2D eigenvalue weighted by atomic mass is 16.2. The van der Waals surface area contributed by atoms with Crippen LogP contribution in [0.25, 0.3) is 0 Å². The molecular weight excluding hydrogens is 376 g/mol. The first kappa shape index (κ1) is 21.7. The van der Waals surface area contributed by atoms with Crippen molar-refractivity contribution in [2.75, 3.05) is 37.4 Å². The maximum absolute atomic E-state index is 13.3. The van der Waals surface area contributed by atoms with Gasteiger partial charge >= 0.3 is 6.03 Å². The van der Waals surface area contributed by atoms with E-state index in [2.05, 4.69) is 10.6 Å². The number of aryl methyl sites for hydroxylation is 1. The van der Waals surface area contributed by atoms with Gasteiger partial charge in [0.25, 0.3) is 5.91 Å². The van der Waals surface area contributed by atoms with Crippen LogP contribution in [-0.4, -0.2) is 44.0 Å². The molecule has 0 heterocycles. The number of benzene rings is 2. The third-order valence-electron chi connectivity index (χ3n) is 5.25. The van der Waals surface area contributed by atoms with Crippen molar-refractivity contribution >= 4 is 23.3 Å². The molecule has 3 amide bonds. The number of nitrogens with one attached hydrogen (secondary N) is 2. The molecule has 0 bridgehead atoms. The summed E-state index contributed by atoms with van der Waals surface area (Å²) >= 11 is 0. The highest BCUT2D eigenvalue weighted by Gasteiger charge is 2.28. The highest BCUT2D eigenvalue weighted by molar-refractivity contribution is 5.94. The quantitative estimate of drug-likeness (QED) is 0.686. The molecule has 0 spiro atoms. The first-order chi connectivity index (χ1) is 14.4. The fraction of sp³-hybridized carbons (Fsp3) is 0.417. The summed E-state index contributed by atoms with van der Waals surface area (Å²) in [6.07, 6.45) is 2.35. The lowest BCUT2D eigenvalue weighted by molar-refractivity contribution is 0.0735. The van der Waals surface area contributed by atoms with Crippen molar-refractivity contribution in [3.63, 3.8) is 0 Å². The summed E-state index contributed by atoms with van der Waals surface area (Å²) in [5, 5.41) is 5.62. The Morgan fingerprint density at radius 3 is 2.50 bits per heavy atom. The minimum absolute atomic E-state index is 0.0531. The van der Waals surface area contributed by atoms with Gasteiger partial charge < -0.3 is 20.4 Å². The van der Waals surface area contributed by atoms with Gasteiger partial charge in [0.15, 0.2) is 0 Å². The SMILES string of the molecule is CCNC(=O)Nc1ccc(N(C)C)c(CN(CC2CC2)C(=O)c2cccc(C)c2)c1. The maximum atomic E-state index is 13.3. The molecule has 0 radical (unpaired) electrons. The van der Waals surface area contributed by atoms with Gasteiger partial charge in [0, 0.05) is 50.7 Å². The molecule has 2 aromatic rings. The van der Waals surface area contributed by atoms with Crippen LogP contribution in [0.5, 0.6) is 0 Å². The lowest BCUT2D eigenvalue weighted by Gasteiger charge is -2.26. The van der Waals surface area contributed by atoms with E-state index < -0.39 is 0 Å². The zero-order valence-electron chi connectivity index (χ0n) is 18.4. The van der Waals surface area contributed by atoms with E-state index in [1.807, 2.05) is 80.2 Å². The minimum Gasteiger partial charge on any atom is -0.377 e. The van der Waals surface area contributed by atoms with Crippen LogP contribution in [0.1, 0.15) is 41.3 Å². The average molecular weight is 409 g/mol. The van der Waals surface area contributed by atoms with Crippen molar-refractivity contribution in [2.24, 2.45) is 5.92 Å². The zero-order valence-corrected chi connectivity index (χ0v) is 18.4. The first-order valence-electron chi connectivity index (χ1n) is 10.6. The molecule has 2 aromatic carbocycles. The number of carbonyl (C=O) groups excluding carboxylic acids is 2. The van der Waals surface area contributed by atoms with Gasteiger partial charge in [0.05, 0.1) is 0 Å². The van der Waals surface area contributed by atoms with Crippen molar-refractivity contribution in [1.29, 1.82) is 0 Å². The van der Waals surface area contributed by atoms with Crippen LogP contribution in [0.3, 0.4) is 0 Å². The van der Waals surface area contributed by atoms with Crippen LogP contribution in [0, 0.1) is 12.8 Å². The Morgan fingerprint density at radius 1 is 1.10 bits per heavy atom. The number of hydrogen-bond donors (Lipinski definition) is 2. The van der Waals surface area contributed by atoms with Gasteiger partial charge in [-0.15, -0.1) is 0 Å². The number of amides is 3. The number of carbonyl (C=O) groups is 2. The van der Waals surface area contributed by atoms with Gasteiger partial charge in [-0.1, -0.05) is 17.7 Å². The molecule has 0 atom stereocenters. The average Bonchev–Trinajstić information content (AvgIpc) is 3.51. The molecule has 6 heteroatoms. The van der Waals surface area contributed by atoms with E-state index in [1.54, 1.807) is 0 Å². The standard InChI is InChI=1S/C24H32N4O2/c1-5-25-24(30)26-21-11-12-22(27(3)4)20(14-21)16-28(15-18-9-10-18)23(29)19-8-6-7-17(2)13-19/h6-8,11-14,18H,5,9-10,15-16H2,1-4H3,(H2,25,26,30). The molecule has 1 aliphatic rings. The molecule has 1 saturated carbocycles. The molecule has 160 valence electrons. The van der Waals surface area contributed by atoms with Crippen LogP contribution in [0.4, 0.5) is 16.2 Å². The van der Waals surface area contributed by atoms with Gasteiger partial charge in [-0.2, -0.15) is 0 Å². The van der Waals surface area contributed by atoms with E-state index in [1.165, 1.54) is 12.8 Å². The largest absolute Gasteiger partial charge is 0.377 e. The molecule has 0 aromatic heterocycles. The summed E-state index contributed by atoms with van der Waals surface area (Å²) in [6.45, 7) is 5.71. The summed E-state index contributed by atoms with van der Waals surface area (Å²) in [4.78, 5) is 29.3. The fourth-order valence-electron chi connectivity index (χ4n) is 3.56. The highest BCUT2D eigenvalue weighted by Crippen LogP contribution is 2.32. The van der Waals surface area contributed by atoms with Crippen molar-refractivity contribution in [2.45, 2.75) is 33.2 Å². The van der Waals surface area contributed by atoms with Crippen LogP contribution < -0.4 is 15.5 Å². The summed E-state index contributed by atoms with van der Waals surface area (Å²) in [7, 11) is 3.98. The monoisotopic (exact) mass is 408 g/mol. The van der Waals surface area contributed by atoms with Crippen molar-refractivity contribution < 1.29 is 9.59 Å². The molecule has 1 aliphatic carbocycles. The Bertz CT molecular complexity index is 906. The molecular formula is C24H32N4O2. The van der Waals surface area contributed by atoms with Crippen LogP contribution in [0.15, 0.2) is 42.5 Å². The molecule has 30 heavy (non-hydrogen) atoms. The second-order valence-electron chi connectivity index (χ2n) is 8.22. The van der Waals surface area contributed by atoms with E-state index in [4.69, 9.17) is 0 Å². The van der Waals surface area contributed by atoms with E-state index in [9.17, 15) is 9.59 Å². The van der Waals surface area contributed by atoms with E-state index in [-0.39, 0.29) is 11.9 Å². The van der Waals surface area contributed by atoms with Gasteiger partial charge in [0.2, 0.25) is 0 Å². The summed E-state index contributed by atoms with van der Waals surface area (Å²) in [6, 6.07) is 13.4. The lowest BCUT2D eigenvalue weighted by atomic mass is 10.1. The molecule has 0 saturated heterocycles. The molecule has 0 unspecified atom stereocenters. The van der Waals surface area contributed by atoms with Gasteiger partial charge in [0.1, 0.15) is 0 Å². The van der Waals surface area contributed by atoms with Crippen LogP contribution in [0.2, 0.25) is 0 Å². The summed E-state index contributed by atoms with van der Waals surface area (Å²) in [5.41, 5.74) is 4.56. The zero-order chi connectivity index (χ0) is 21.7. The van der Waals surface area contributed by atoms with Crippen molar-refractivity contribution in [1.82, 2.24) is 10.2 Å². The topological polar surface area (TPSA) is 64.7 Å². The number of urea groups is 1. The van der Waals surface area contributed by atoms with E-state index >= 15 is 0 Å². The number of hydrogen-bond acceptors (Lipinski definition) is 3. The third kappa shape index (κ3) is 5.75. The minimum atomic E-state index is -0.230. The number of anilines is 2. The smallest absolute Gasteiger partial charge is 0.319 e. The van der Waals surface area contributed by atoms with Crippen molar-refractivity contribution in [3.05, 3.63) is 59.2 Å². The predicted molar refractivity (Wildman–Crippen MR) is 122 cm³/mol. The van der Waals surface area contributed by atoms with Crippen molar-refractivity contribution in [3.8, 4) is 0 Å². The second-order valence-corrected chi connectivity index (χ2v) is 8.22. The Kier molecular flexibility index (Phi) is 6.98. The molecule has 3 rings (SSSR count). The summed E-state index contributed by atoms with van der Waals surface area (Å²) in [5.74, 6) is 0.635. The normalized spacial score (nSPS) is 12.9. The Balaban J connectivity index is 1.88. The molecule has 6 nitrogen and oxygen atoms in total. The van der Waals surface area contributed by atoms with Crippen LogP contribution >= 0.6 is 0 Å². The third-order valence-corrected chi connectivity index (χ3v) is 5.25. The Morgan fingerprint density at radius 2 is 1.87 bits per heavy atom. The fourth-order valence-corrected chi connectivity index (χ4v) is 3.56.